The number of hydrogen-bond donors (Lipinski definition) is 2. The average Bonchev–Trinajstić information content (AvgIpc) is 3.28. The number of pyridine rings is 1. The molecule has 2 aromatic rings. The van der Waals surface area contributed by atoms with E-state index in [-0.39, 0.29) is 6.03 Å². The molecule has 0 saturated carbocycles. The third kappa shape index (κ3) is 4.54. The van der Waals surface area contributed by atoms with Crippen molar-refractivity contribution in [3.05, 3.63) is 48.2 Å². The van der Waals surface area contributed by atoms with E-state index >= 15 is 0 Å². The summed E-state index contributed by atoms with van der Waals surface area (Å²) in [6.07, 6.45) is 4.20. The Morgan fingerprint density at radius 1 is 1.04 bits per heavy atom. The Labute approximate surface area is 165 Å². The van der Waals surface area contributed by atoms with Gasteiger partial charge in [-0.05, 0) is 42.7 Å². The molecule has 1 aromatic heterocycles. The predicted octanol–water partition coefficient (Wildman–Crippen LogP) is 2.84. The number of nitrogens with one attached hydrogen (secondary N) is 2. The fourth-order valence-electron chi connectivity index (χ4n) is 3.70. The minimum absolute atomic E-state index is 0.198. The average molecular weight is 381 g/mol. The molecular weight excluding hydrogens is 354 g/mol. The summed E-state index contributed by atoms with van der Waals surface area (Å²) in [6.45, 7) is 5.68. The van der Waals surface area contributed by atoms with Crippen LogP contribution in [-0.2, 0) is 11.3 Å². The van der Waals surface area contributed by atoms with Gasteiger partial charge in [-0.2, -0.15) is 0 Å². The SMILES string of the molecule is O=C(NCc1ccnc(N2CCOCC2)c1)Nc1ccccc1N1CCCC1. The van der Waals surface area contributed by atoms with E-state index in [1.54, 1.807) is 6.20 Å². The van der Waals surface area contributed by atoms with Gasteiger partial charge in [0.15, 0.2) is 0 Å². The number of hydrogen-bond acceptors (Lipinski definition) is 5. The summed E-state index contributed by atoms with van der Waals surface area (Å²) in [5.41, 5.74) is 2.97. The Hall–Kier alpha value is -2.80. The Morgan fingerprint density at radius 3 is 2.64 bits per heavy atom. The number of ether oxygens (including phenoxy) is 1. The van der Waals surface area contributed by atoms with E-state index in [0.29, 0.717) is 6.54 Å². The molecule has 2 N–H and O–H groups in total. The quantitative estimate of drug-likeness (QED) is 0.834. The minimum atomic E-state index is -0.198. The number of para-hydroxylation sites is 2. The van der Waals surface area contributed by atoms with Gasteiger partial charge in [0, 0.05) is 38.9 Å². The molecule has 1 aromatic carbocycles. The van der Waals surface area contributed by atoms with Crippen molar-refractivity contribution in [2.45, 2.75) is 19.4 Å². The summed E-state index contributed by atoms with van der Waals surface area (Å²) in [6, 6.07) is 11.8. The van der Waals surface area contributed by atoms with Crippen molar-refractivity contribution in [3.63, 3.8) is 0 Å². The zero-order valence-corrected chi connectivity index (χ0v) is 16.1. The van der Waals surface area contributed by atoms with Crippen LogP contribution in [0.1, 0.15) is 18.4 Å². The first-order valence-corrected chi connectivity index (χ1v) is 9.96. The molecule has 2 fully saturated rings. The molecule has 0 spiro atoms. The van der Waals surface area contributed by atoms with E-state index in [1.807, 2.05) is 30.3 Å². The molecule has 0 unspecified atom stereocenters. The van der Waals surface area contributed by atoms with Crippen LogP contribution < -0.4 is 20.4 Å². The van der Waals surface area contributed by atoms with Crippen molar-refractivity contribution < 1.29 is 9.53 Å². The highest BCUT2D eigenvalue weighted by molar-refractivity contribution is 5.93. The van der Waals surface area contributed by atoms with Crippen LogP contribution in [0.3, 0.4) is 0 Å². The number of carbonyl (C=O) groups is 1. The zero-order chi connectivity index (χ0) is 19.2. The van der Waals surface area contributed by atoms with Gasteiger partial charge in [0.2, 0.25) is 0 Å². The smallest absolute Gasteiger partial charge is 0.319 e. The maximum Gasteiger partial charge on any atom is 0.319 e. The van der Waals surface area contributed by atoms with Crippen molar-refractivity contribution in [2.24, 2.45) is 0 Å². The number of benzene rings is 1. The minimum Gasteiger partial charge on any atom is -0.378 e. The van der Waals surface area contributed by atoms with Gasteiger partial charge in [-0.15, -0.1) is 0 Å². The van der Waals surface area contributed by atoms with Gasteiger partial charge >= 0.3 is 6.03 Å². The third-order valence-electron chi connectivity index (χ3n) is 5.20. The Bertz CT molecular complexity index is 801. The van der Waals surface area contributed by atoms with E-state index < -0.39 is 0 Å². The first-order valence-electron chi connectivity index (χ1n) is 9.96. The van der Waals surface area contributed by atoms with Crippen LogP contribution in [0.15, 0.2) is 42.6 Å². The molecule has 0 atom stereocenters. The number of anilines is 3. The third-order valence-corrected chi connectivity index (χ3v) is 5.20. The molecule has 0 radical (unpaired) electrons. The standard InChI is InChI=1S/C21H27N5O2/c27-21(24-18-5-1-2-6-19(18)25-9-3-4-10-25)23-16-17-7-8-22-20(15-17)26-11-13-28-14-12-26/h1-2,5-8,15H,3-4,9-14,16H2,(H2,23,24,27). The molecule has 2 saturated heterocycles. The van der Waals surface area contributed by atoms with Gasteiger partial charge in [0.05, 0.1) is 24.6 Å². The van der Waals surface area contributed by atoms with Crippen LogP contribution in [0.5, 0.6) is 0 Å². The van der Waals surface area contributed by atoms with E-state index in [1.165, 1.54) is 12.8 Å². The van der Waals surface area contributed by atoms with Gasteiger partial charge in [-0.1, -0.05) is 12.1 Å². The van der Waals surface area contributed by atoms with Crippen LogP contribution in [0, 0.1) is 0 Å². The molecular formula is C21H27N5O2. The number of morpholine rings is 1. The number of rotatable bonds is 5. The Balaban J connectivity index is 1.35. The number of nitrogens with zero attached hydrogens (tertiary/aromatic N) is 3. The Morgan fingerprint density at radius 2 is 1.82 bits per heavy atom. The van der Waals surface area contributed by atoms with Crippen molar-refractivity contribution in [3.8, 4) is 0 Å². The lowest BCUT2D eigenvalue weighted by atomic mass is 10.2. The van der Waals surface area contributed by atoms with Gasteiger partial charge in [0.1, 0.15) is 5.82 Å². The van der Waals surface area contributed by atoms with Crippen LogP contribution >= 0.6 is 0 Å². The van der Waals surface area contributed by atoms with Crippen molar-refractivity contribution in [2.75, 3.05) is 54.5 Å². The second kappa shape index (κ2) is 8.93. The normalized spacial score (nSPS) is 16.9. The highest BCUT2D eigenvalue weighted by Gasteiger charge is 2.17. The molecule has 4 rings (SSSR count). The highest BCUT2D eigenvalue weighted by Crippen LogP contribution is 2.28. The fraction of sp³-hybridized carbons (Fsp3) is 0.429. The molecule has 2 aliphatic heterocycles. The zero-order valence-electron chi connectivity index (χ0n) is 16.1. The lowest BCUT2D eigenvalue weighted by Crippen LogP contribution is -2.36. The van der Waals surface area contributed by atoms with Gasteiger partial charge in [-0.3, -0.25) is 0 Å². The fourth-order valence-corrected chi connectivity index (χ4v) is 3.70. The first kappa shape index (κ1) is 18.6. The van der Waals surface area contributed by atoms with Crippen LogP contribution in [0.4, 0.5) is 22.0 Å². The van der Waals surface area contributed by atoms with Crippen LogP contribution in [0.2, 0.25) is 0 Å². The van der Waals surface area contributed by atoms with E-state index in [4.69, 9.17) is 4.74 Å². The van der Waals surface area contributed by atoms with E-state index in [2.05, 4.69) is 31.5 Å². The summed E-state index contributed by atoms with van der Waals surface area (Å²) in [5.74, 6) is 0.933. The molecule has 148 valence electrons. The maximum absolute atomic E-state index is 12.5. The second-order valence-corrected chi connectivity index (χ2v) is 7.14. The lowest BCUT2D eigenvalue weighted by molar-refractivity contribution is 0.122. The molecule has 0 aliphatic carbocycles. The van der Waals surface area contributed by atoms with Gasteiger partial charge < -0.3 is 25.2 Å². The molecule has 2 aliphatic rings. The maximum atomic E-state index is 12.5. The molecule has 3 heterocycles. The highest BCUT2D eigenvalue weighted by atomic mass is 16.5. The molecule has 7 nitrogen and oxygen atoms in total. The molecule has 2 amide bonds. The molecule has 28 heavy (non-hydrogen) atoms. The lowest BCUT2D eigenvalue weighted by Gasteiger charge is -2.28. The summed E-state index contributed by atoms with van der Waals surface area (Å²) in [4.78, 5) is 21.4. The van der Waals surface area contributed by atoms with Gasteiger partial charge in [0.25, 0.3) is 0 Å². The summed E-state index contributed by atoms with van der Waals surface area (Å²) < 4.78 is 5.40. The Kier molecular flexibility index (Phi) is 5.92. The van der Waals surface area contributed by atoms with Crippen molar-refractivity contribution in [1.29, 1.82) is 0 Å². The van der Waals surface area contributed by atoms with Crippen LogP contribution in [-0.4, -0.2) is 50.4 Å². The topological polar surface area (TPSA) is 69.7 Å². The molecule has 0 bridgehead atoms. The number of amides is 2. The van der Waals surface area contributed by atoms with Crippen molar-refractivity contribution >= 4 is 23.2 Å². The monoisotopic (exact) mass is 381 g/mol. The largest absolute Gasteiger partial charge is 0.378 e. The summed E-state index contributed by atoms with van der Waals surface area (Å²) >= 11 is 0. The second-order valence-electron chi connectivity index (χ2n) is 7.14. The summed E-state index contributed by atoms with van der Waals surface area (Å²) in [5, 5.41) is 5.96. The van der Waals surface area contributed by atoms with E-state index in [9.17, 15) is 4.79 Å². The number of aromatic nitrogens is 1. The summed E-state index contributed by atoms with van der Waals surface area (Å²) in [7, 11) is 0. The molecule has 7 heteroatoms. The van der Waals surface area contributed by atoms with Crippen molar-refractivity contribution in [1.82, 2.24) is 10.3 Å². The van der Waals surface area contributed by atoms with Crippen LogP contribution in [0.25, 0.3) is 0 Å². The number of urea groups is 1. The van der Waals surface area contributed by atoms with E-state index in [0.717, 1.165) is 62.1 Å². The first-order chi connectivity index (χ1) is 13.8. The predicted molar refractivity (Wildman–Crippen MR) is 111 cm³/mol. The van der Waals surface area contributed by atoms with Gasteiger partial charge in [-0.25, -0.2) is 9.78 Å². The number of carbonyl (C=O) groups excluding carboxylic acids is 1.